The maximum atomic E-state index is 13.2. The molecule has 0 bridgehead atoms. The Kier molecular flexibility index (Phi) is 10.0. The van der Waals surface area contributed by atoms with Crippen LogP contribution < -0.4 is 30.4 Å². The number of nitrogens with one attached hydrogen (secondary N) is 2. The molecule has 2 aliphatic heterocycles. The van der Waals surface area contributed by atoms with Crippen LogP contribution in [0.3, 0.4) is 0 Å². The first-order valence-electron chi connectivity index (χ1n) is 14.5. The van der Waals surface area contributed by atoms with Gasteiger partial charge < -0.3 is 43.8 Å². The molecule has 12 heteroatoms. The predicted molar refractivity (Wildman–Crippen MR) is 159 cm³/mol. The number of hydrogen-bond donors (Lipinski definition) is 2. The number of rotatable bonds is 11. The number of piperidine rings is 1. The zero-order valence-electron chi connectivity index (χ0n) is 24.6. The first-order chi connectivity index (χ1) is 20.9. The molecule has 1 aromatic heterocycles. The van der Waals surface area contributed by atoms with Crippen LogP contribution in [-0.2, 0) is 22.6 Å². The zero-order valence-corrected chi connectivity index (χ0v) is 24.6. The van der Waals surface area contributed by atoms with Crippen LogP contribution in [-0.4, -0.2) is 87.7 Å². The summed E-state index contributed by atoms with van der Waals surface area (Å²) in [6.45, 7) is 4.52. The number of aromatic nitrogens is 1. The summed E-state index contributed by atoms with van der Waals surface area (Å²) in [6.07, 6.45) is 1.08. The second-order valence-electron chi connectivity index (χ2n) is 10.5. The van der Waals surface area contributed by atoms with Crippen molar-refractivity contribution in [3.05, 3.63) is 63.9 Å². The van der Waals surface area contributed by atoms with Crippen molar-refractivity contribution >= 4 is 22.9 Å². The highest BCUT2D eigenvalue weighted by Gasteiger charge is 2.22. The molecule has 2 aromatic carbocycles. The molecule has 43 heavy (non-hydrogen) atoms. The molecule has 5 rings (SSSR count). The monoisotopic (exact) mass is 594 g/mol. The summed E-state index contributed by atoms with van der Waals surface area (Å²) >= 11 is 0. The molecule has 0 radical (unpaired) electrons. The average Bonchev–Trinajstić information content (AvgIpc) is 3.03. The van der Waals surface area contributed by atoms with Crippen LogP contribution >= 0.6 is 0 Å². The topological polar surface area (TPSA) is 130 Å². The van der Waals surface area contributed by atoms with E-state index in [1.807, 2.05) is 18.2 Å². The second-order valence-corrected chi connectivity index (χ2v) is 10.5. The van der Waals surface area contributed by atoms with Crippen LogP contribution in [0, 0.1) is 0 Å². The molecule has 0 saturated carbocycles. The zero-order chi connectivity index (χ0) is 30.2. The number of amides is 2. The van der Waals surface area contributed by atoms with Crippen molar-refractivity contribution in [2.75, 3.05) is 60.2 Å². The van der Waals surface area contributed by atoms with Crippen molar-refractivity contribution in [2.24, 2.45) is 0 Å². The normalized spacial score (nSPS) is 15.2. The van der Waals surface area contributed by atoms with Gasteiger partial charge in [-0.2, -0.15) is 0 Å². The molecule has 2 N–H and O–H groups in total. The quantitative estimate of drug-likeness (QED) is 0.322. The molecular weight excluding hydrogens is 556 g/mol. The number of ether oxygens (including phenoxy) is 5. The lowest BCUT2D eigenvalue weighted by molar-refractivity contribution is 0.0938. The molecule has 2 amide bonds. The Hall–Kier alpha value is -4.29. The number of pyridine rings is 1. The standard InChI is InChI=1S/C31H38N4O8/c1-39-14-9-32-30(37)25-19-29(36)35(26-18-23(40-2)4-5-24(25)26)13-12-34-10-7-22(8-11-34)33-31(38)43-20-21-3-6-27-28(17-21)42-16-15-41-27/h3-6,17-19,22H,7-16,20H2,1-2H3,(H,32,37)(H,33,38). The highest BCUT2D eigenvalue weighted by atomic mass is 16.6. The van der Waals surface area contributed by atoms with Crippen LogP contribution in [0.25, 0.3) is 10.9 Å². The molecule has 0 atom stereocenters. The van der Waals surface area contributed by atoms with Gasteiger partial charge in [0.15, 0.2) is 11.5 Å². The van der Waals surface area contributed by atoms with Crippen molar-refractivity contribution in [1.29, 1.82) is 0 Å². The second kappa shape index (κ2) is 14.3. The number of likely N-dealkylation sites (tertiary alicyclic amines) is 1. The molecule has 3 heterocycles. The van der Waals surface area contributed by atoms with Gasteiger partial charge in [0, 0.05) is 63.4 Å². The van der Waals surface area contributed by atoms with Crippen molar-refractivity contribution in [3.63, 3.8) is 0 Å². The molecule has 12 nitrogen and oxygen atoms in total. The van der Waals surface area contributed by atoms with E-state index in [2.05, 4.69) is 15.5 Å². The number of carbonyl (C=O) groups is 2. The third-order valence-corrected chi connectivity index (χ3v) is 7.68. The number of nitrogens with zero attached hydrogens (tertiary/aromatic N) is 2. The molecule has 0 spiro atoms. The van der Waals surface area contributed by atoms with Gasteiger partial charge in [0.2, 0.25) is 0 Å². The first kappa shape index (κ1) is 30.2. The van der Waals surface area contributed by atoms with Crippen LogP contribution in [0.2, 0.25) is 0 Å². The summed E-state index contributed by atoms with van der Waals surface area (Å²) in [7, 11) is 3.13. The van der Waals surface area contributed by atoms with E-state index in [4.69, 9.17) is 23.7 Å². The Bertz CT molecular complexity index is 1500. The minimum absolute atomic E-state index is 0.00716. The maximum absolute atomic E-state index is 13.2. The highest BCUT2D eigenvalue weighted by Crippen LogP contribution is 2.31. The van der Waals surface area contributed by atoms with Crippen molar-refractivity contribution in [3.8, 4) is 17.2 Å². The Morgan fingerprint density at radius 3 is 2.53 bits per heavy atom. The Morgan fingerprint density at radius 1 is 0.977 bits per heavy atom. The largest absolute Gasteiger partial charge is 0.497 e. The molecule has 3 aromatic rings. The molecular formula is C31H38N4O8. The van der Waals surface area contributed by atoms with Crippen molar-refractivity contribution < 1.29 is 33.3 Å². The average molecular weight is 595 g/mol. The Labute approximate surface area is 249 Å². The van der Waals surface area contributed by atoms with Crippen LogP contribution in [0.4, 0.5) is 4.79 Å². The molecule has 230 valence electrons. The fraction of sp³-hybridized carbons (Fsp3) is 0.452. The van der Waals surface area contributed by atoms with Gasteiger partial charge in [0.25, 0.3) is 11.5 Å². The smallest absolute Gasteiger partial charge is 0.407 e. The van der Waals surface area contributed by atoms with E-state index in [1.54, 1.807) is 37.0 Å². The van der Waals surface area contributed by atoms with Gasteiger partial charge >= 0.3 is 6.09 Å². The fourth-order valence-electron chi connectivity index (χ4n) is 5.34. The molecule has 0 aliphatic carbocycles. The summed E-state index contributed by atoms with van der Waals surface area (Å²) in [6, 6.07) is 12.3. The summed E-state index contributed by atoms with van der Waals surface area (Å²) in [5.74, 6) is 1.64. The SMILES string of the molecule is COCCNC(=O)c1cc(=O)n(CCN2CCC(NC(=O)OCc3ccc4c(c3)OCCO4)CC2)c2cc(OC)ccc12. The number of hydrogen-bond acceptors (Lipinski definition) is 9. The minimum Gasteiger partial charge on any atom is -0.497 e. The van der Waals surface area contributed by atoms with Crippen LogP contribution in [0.5, 0.6) is 17.2 Å². The van der Waals surface area contributed by atoms with E-state index < -0.39 is 6.09 Å². The molecule has 0 unspecified atom stereocenters. The van der Waals surface area contributed by atoms with Gasteiger partial charge in [-0.1, -0.05) is 6.07 Å². The maximum Gasteiger partial charge on any atom is 0.407 e. The van der Waals surface area contributed by atoms with Gasteiger partial charge in [-0.15, -0.1) is 0 Å². The third-order valence-electron chi connectivity index (χ3n) is 7.68. The van der Waals surface area contributed by atoms with E-state index in [9.17, 15) is 14.4 Å². The van der Waals surface area contributed by atoms with E-state index in [0.717, 1.165) is 31.5 Å². The van der Waals surface area contributed by atoms with E-state index in [0.29, 0.717) is 73.2 Å². The van der Waals surface area contributed by atoms with Gasteiger partial charge in [-0.25, -0.2) is 4.79 Å². The van der Waals surface area contributed by atoms with E-state index in [-0.39, 0.29) is 24.1 Å². The predicted octanol–water partition coefficient (Wildman–Crippen LogP) is 2.55. The number of benzene rings is 2. The molecule has 1 saturated heterocycles. The van der Waals surface area contributed by atoms with E-state index in [1.165, 1.54) is 6.07 Å². The summed E-state index contributed by atoms with van der Waals surface area (Å²) < 4.78 is 28.7. The third kappa shape index (κ3) is 7.57. The van der Waals surface area contributed by atoms with Gasteiger partial charge in [0.05, 0.1) is 24.8 Å². The lowest BCUT2D eigenvalue weighted by atomic mass is 10.1. The van der Waals surface area contributed by atoms with Crippen LogP contribution in [0.15, 0.2) is 47.3 Å². The Morgan fingerprint density at radius 2 is 1.77 bits per heavy atom. The number of fused-ring (bicyclic) bond motifs is 2. The summed E-state index contributed by atoms with van der Waals surface area (Å²) in [5.41, 5.74) is 1.54. The Balaban J connectivity index is 1.14. The lowest BCUT2D eigenvalue weighted by Gasteiger charge is -2.32. The van der Waals surface area contributed by atoms with E-state index >= 15 is 0 Å². The number of carbonyl (C=O) groups excluding carboxylic acids is 2. The van der Waals surface area contributed by atoms with Crippen molar-refractivity contribution in [2.45, 2.75) is 32.0 Å². The van der Waals surface area contributed by atoms with Crippen LogP contribution in [0.1, 0.15) is 28.8 Å². The molecule has 1 fully saturated rings. The van der Waals surface area contributed by atoms with Gasteiger partial charge in [0.1, 0.15) is 25.6 Å². The van der Waals surface area contributed by atoms with Crippen molar-refractivity contribution in [1.82, 2.24) is 20.1 Å². The summed E-state index contributed by atoms with van der Waals surface area (Å²) in [5, 5.41) is 6.44. The fourth-order valence-corrected chi connectivity index (χ4v) is 5.34. The number of methoxy groups -OCH3 is 2. The molecule has 2 aliphatic rings. The van der Waals surface area contributed by atoms with Gasteiger partial charge in [-0.05, 0) is 42.7 Å². The minimum atomic E-state index is -0.452. The highest BCUT2D eigenvalue weighted by molar-refractivity contribution is 6.06. The first-order valence-corrected chi connectivity index (χ1v) is 14.5. The summed E-state index contributed by atoms with van der Waals surface area (Å²) in [4.78, 5) is 40.7. The number of alkyl carbamates (subject to hydrolysis) is 1. The lowest BCUT2D eigenvalue weighted by Crippen LogP contribution is -2.45. The van der Waals surface area contributed by atoms with Gasteiger partial charge in [-0.3, -0.25) is 9.59 Å².